The average molecular weight is 255 g/mol. The minimum Gasteiger partial charge on any atom is -0.381 e. The number of rotatable bonds is 4. The summed E-state index contributed by atoms with van der Waals surface area (Å²) in [6, 6.07) is 6.78. The highest BCUT2D eigenvalue weighted by molar-refractivity contribution is 7.99. The number of thioether (sulfide) groups is 1. The van der Waals surface area contributed by atoms with Crippen molar-refractivity contribution in [3.63, 3.8) is 0 Å². The van der Waals surface area contributed by atoms with E-state index in [1.54, 1.807) is 23.9 Å². The quantitative estimate of drug-likeness (QED) is 0.840. The summed E-state index contributed by atoms with van der Waals surface area (Å²) in [7, 11) is 0. The van der Waals surface area contributed by atoms with Gasteiger partial charge >= 0.3 is 0 Å². The molecule has 2 nitrogen and oxygen atoms in total. The van der Waals surface area contributed by atoms with Crippen molar-refractivity contribution in [3.8, 4) is 0 Å². The van der Waals surface area contributed by atoms with Crippen LogP contribution in [0.25, 0.3) is 0 Å². The smallest absolute Gasteiger partial charge is 0.124 e. The molecule has 2 atom stereocenters. The third-order valence-corrected chi connectivity index (χ3v) is 4.18. The molecule has 1 aromatic carbocycles. The molecule has 0 spiro atoms. The lowest BCUT2D eigenvalue weighted by molar-refractivity contribution is 0.0478. The molecule has 0 amide bonds. The second-order valence-corrected chi connectivity index (χ2v) is 5.50. The van der Waals surface area contributed by atoms with Gasteiger partial charge in [-0.2, -0.15) is 0 Å². The molecule has 1 aliphatic heterocycles. The van der Waals surface area contributed by atoms with E-state index in [4.69, 9.17) is 10.5 Å². The summed E-state index contributed by atoms with van der Waals surface area (Å²) in [6.07, 6.45) is 2.24. The van der Waals surface area contributed by atoms with Gasteiger partial charge in [0.15, 0.2) is 0 Å². The molecule has 17 heavy (non-hydrogen) atoms. The van der Waals surface area contributed by atoms with Gasteiger partial charge in [-0.25, -0.2) is 4.39 Å². The lowest BCUT2D eigenvalue weighted by atomic mass is 9.96. The van der Waals surface area contributed by atoms with Gasteiger partial charge in [-0.15, -0.1) is 11.8 Å². The van der Waals surface area contributed by atoms with E-state index < -0.39 is 0 Å². The first-order chi connectivity index (χ1) is 8.25. The summed E-state index contributed by atoms with van der Waals surface area (Å²) >= 11 is 1.62. The lowest BCUT2D eigenvalue weighted by Crippen LogP contribution is -2.37. The molecule has 4 heteroatoms. The Morgan fingerprint density at radius 3 is 3.12 bits per heavy atom. The van der Waals surface area contributed by atoms with Crippen LogP contribution in [-0.4, -0.2) is 25.0 Å². The van der Waals surface area contributed by atoms with Crippen molar-refractivity contribution in [2.24, 2.45) is 11.7 Å². The van der Waals surface area contributed by atoms with E-state index >= 15 is 0 Å². The van der Waals surface area contributed by atoms with Crippen LogP contribution in [0.3, 0.4) is 0 Å². The summed E-state index contributed by atoms with van der Waals surface area (Å²) in [6.45, 7) is 1.63. The number of hydrogen-bond donors (Lipinski definition) is 1. The Labute approximate surface area is 106 Å². The number of benzene rings is 1. The maximum atomic E-state index is 13.0. The molecule has 2 N–H and O–H groups in total. The molecule has 2 rings (SSSR count). The van der Waals surface area contributed by atoms with E-state index in [1.165, 1.54) is 6.07 Å². The average Bonchev–Trinajstić information content (AvgIpc) is 2.37. The summed E-state index contributed by atoms with van der Waals surface area (Å²) in [5.74, 6) is 1.08. The third kappa shape index (κ3) is 3.98. The highest BCUT2D eigenvalue weighted by Gasteiger charge is 2.21. The van der Waals surface area contributed by atoms with Gasteiger partial charge < -0.3 is 10.5 Å². The van der Waals surface area contributed by atoms with Gasteiger partial charge in [-0.1, -0.05) is 6.07 Å². The van der Waals surface area contributed by atoms with Crippen LogP contribution < -0.4 is 5.73 Å². The molecular formula is C13H18FNOS. The Morgan fingerprint density at radius 2 is 2.41 bits per heavy atom. The molecule has 1 saturated heterocycles. The predicted octanol–water partition coefficient (Wildman–Crippen LogP) is 2.67. The van der Waals surface area contributed by atoms with E-state index in [1.807, 2.05) is 6.07 Å². The third-order valence-electron chi connectivity index (χ3n) is 3.04. The standard InChI is InChI=1S/C13H18FNOS/c14-11-4-1-5-12(7-11)17-9-13(15)10-3-2-6-16-8-10/h1,4-5,7,10,13H,2-3,6,8-9,15H2. The van der Waals surface area contributed by atoms with Crippen LogP contribution in [0.1, 0.15) is 12.8 Å². The second kappa shape index (κ2) is 6.38. The highest BCUT2D eigenvalue weighted by Crippen LogP contribution is 2.23. The zero-order valence-corrected chi connectivity index (χ0v) is 10.6. The van der Waals surface area contributed by atoms with E-state index in [0.29, 0.717) is 5.92 Å². The Kier molecular flexibility index (Phi) is 4.83. The van der Waals surface area contributed by atoms with Crippen LogP contribution in [-0.2, 0) is 4.74 Å². The molecule has 0 aliphatic carbocycles. The van der Waals surface area contributed by atoms with Gasteiger partial charge in [-0.05, 0) is 37.0 Å². The monoisotopic (exact) mass is 255 g/mol. The maximum Gasteiger partial charge on any atom is 0.124 e. The second-order valence-electron chi connectivity index (χ2n) is 4.41. The Hall–Kier alpha value is -0.580. The van der Waals surface area contributed by atoms with Crippen molar-refractivity contribution in [2.45, 2.75) is 23.8 Å². The van der Waals surface area contributed by atoms with Crippen molar-refractivity contribution in [3.05, 3.63) is 30.1 Å². The summed E-state index contributed by atoms with van der Waals surface area (Å²) in [5, 5.41) is 0. The number of nitrogens with two attached hydrogens (primary N) is 1. The first kappa shape index (κ1) is 12.9. The molecule has 0 bridgehead atoms. The topological polar surface area (TPSA) is 35.2 Å². The lowest BCUT2D eigenvalue weighted by Gasteiger charge is -2.27. The van der Waals surface area contributed by atoms with Crippen LogP contribution in [0.4, 0.5) is 4.39 Å². The molecule has 1 fully saturated rings. The zero-order chi connectivity index (χ0) is 12.1. The van der Waals surface area contributed by atoms with Gasteiger partial charge in [0.1, 0.15) is 5.82 Å². The Bertz CT molecular complexity index is 355. The minimum absolute atomic E-state index is 0.128. The SMILES string of the molecule is NC(CSc1cccc(F)c1)C1CCCOC1. The number of ether oxygens (including phenoxy) is 1. The normalized spacial score (nSPS) is 22.4. The van der Waals surface area contributed by atoms with Gasteiger partial charge in [0, 0.05) is 23.3 Å². The molecule has 0 aromatic heterocycles. The molecule has 94 valence electrons. The van der Waals surface area contributed by atoms with Crippen molar-refractivity contribution in [1.29, 1.82) is 0 Å². The summed E-state index contributed by atoms with van der Waals surface area (Å²) in [4.78, 5) is 0.942. The van der Waals surface area contributed by atoms with E-state index in [9.17, 15) is 4.39 Å². The molecule has 1 aromatic rings. The zero-order valence-electron chi connectivity index (χ0n) is 9.77. The van der Waals surface area contributed by atoms with Gasteiger partial charge in [0.2, 0.25) is 0 Å². The van der Waals surface area contributed by atoms with Crippen LogP contribution in [0.5, 0.6) is 0 Å². The Balaban J connectivity index is 1.80. The van der Waals surface area contributed by atoms with Gasteiger partial charge in [-0.3, -0.25) is 0 Å². The predicted molar refractivity (Wildman–Crippen MR) is 68.6 cm³/mol. The molecule has 1 aliphatic rings. The van der Waals surface area contributed by atoms with E-state index in [-0.39, 0.29) is 11.9 Å². The van der Waals surface area contributed by atoms with Crippen LogP contribution in [0, 0.1) is 11.7 Å². The fourth-order valence-electron chi connectivity index (χ4n) is 1.99. The molecular weight excluding hydrogens is 237 g/mol. The Morgan fingerprint density at radius 1 is 1.53 bits per heavy atom. The van der Waals surface area contributed by atoms with Crippen molar-refractivity contribution in [2.75, 3.05) is 19.0 Å². The first-order valence-electron chi connectivity index (χ1n) is 5.97. The summed E-state index contributed by atoms with van der Waals surface area (Å²) in [5.41, 5.74) is 6.14. The van der Waals surface area contributed by atoms with Crippen LogP contribution in [0.15, 0.2) is 29.2 Å². The summed E-state index contributed by atoms with van der Waals surface area (Å²) < 4.78 is 18.4. The largest absolute Gasteiger partial charge is 0.381 e. The molecule has 0 radical (unpaired) electrons. The fourth-order valence-corrected chi connectivity index (χ4v) is 3.02. The number of halogens is 1. The van der Waals surface area contributed by atoms with Crippen molar-refractivity contribution in [1.82, 2.24) is 0 Å². The maximum absolute atomic E-state index is 13.0. The van der Waals surface area contributed by atoms with Crippen LogP contribution in [0.2, 0.25) is 0 Å². The first-order valence-corrected chi connectivity index (χ1v) is 6.96. The molecule has 2 unspecified atom stereocenters. The molecule has 1 heterocycles. The molecule has 0 saturated carbocycles. The van der Waals surface area contributed by atoms with Crippen LogP contribution >= 0.6 is 11.8 Å². The highest BCUT2D eigenvalue weighted by atomic mass is 32.2. The van der Waals surface area contributed by atoms with Gasteiger partial charge in [0.05, 0.1) is 6.61 Å². The number of hydrogen-bond acceptors (Lipinski definition) is 3. The minimum atomic E-state index is -0.190. The van der Waals surface area contributed by atoms with Crippen molar-refractivity contribution < 1.29 is 9.13 Å². The van der Waals surface area contributed by atoms with E-state index in [0.717, 1.165) is 36.7 Å². The fraction of sp³-hybridized carbons (Fsp3) is 0.538. The van der Waals surface area contributed by atoms with Crippen molar-refractivity contribution >= 4 is 11.8 Å². The van der Waals surface area contributed by atoms with Gasteiger partial charge in [0.25, 0.3) is 0 Å². The van der Waals surface area contributed by atoms with E-state index in [2.05, 4.69) is 0 Å².